The van der Waals surface area contributed by atoms with Crippen molar-refractivity contribution >= 4 is 0 Å². The summed E-state index contributed by atoms with van der Waals surface area (Å²) in [6.07, 6.45) is 1.61. The van der Waals surface area contributed by atoms with Crippen molar-refractivity contribution in [3.63, 3.8) is 0 Å². The van der Waals surface area contributed by atoms with Crippen LogP contribution < -0.4 is 15.0 Å². The number of pyridine rings is 1. The Kier molecular flexibility index (Phi) is 3.14. The molecule has 2 rings (SSSR count). The summed E-state index contributed by atoms with van der Waals surface area (Å²) < 4.78 is 10.4. The molecule has 1 heterocycles. The third kappa shape index (κ3) is 2.30. The third-order valence-corrected chi connectivity index (χ3v) is 2.49. The van der Waals surface area contributed by atoms with Crippen LogP contribution in [-0.4, -0.2) is 19.2 Å². The second kappa shape index (κ2) is 4.74. The van der Waals surface area contributed by atoms with E-state index in [2.05, 4.69) is 4.98 Å². The first-order chi connectivity index (χ1) is 8.24. The van der Waals surface area contributed by atoms with Gasteiger partial charge in [0.05, 0.1) is 14.2 Å². The lowest BCUT2D eigenvalue weighted by atomic mass is 10.1. The van der Waals surface area contributed by atoms with Gasteiger partial charge in [-0.3, -0.25) is 4.79 Å². The average molecular weight is 231 g/mol. The Morgan fingerprint density at radius 2 is 1.88 bits per heavy atom. The molecule has 1 aromatic carbocycles. The van der Waals surface area contributed by atoms with E-state index in [1.807, 2.05) is 24.3 Å². The number of methoxy groups -OCH3 is 2. The Labute approximate surface area is 98.8 Å². The van der Waals surface area contributed by atoms with Gasteiger partial charge in [-0.05, 0) is 29.8 Å². The van der Waals surface area contributed by atoms with Crippen molar-refractivity contribution in [3.05, 3.63) is 46.9 Å². The predicted molar refractivity (Wildman–Crippen MR) is 65.6 cm³/mol. The normalized spacial score (nSPS) is 10.0. The number of nitrogens with one attached hydrogen (secondary N) is 1. The molecule has 0 unspecified atom stereocenters. The number of aromatic amines is 1. The van der Waals surface area contributed by atoms with Gasteiger partial charge in [0.1, 0.15) is 11.5 Å². The molecule has 0 saturated carbocycles. The minimum atomic E-state index is -0.146. The zero-order valence-corrected chi connectivity index (χ0v) is 9.69. The fourth-order valence-corrected chi connectivity index (χ4v) is 1.65. The highest BCUT2D eigenvalue weighted by atomic mass is 16.5. The number of hydrogen-bond donors (Lipinski definition) is 1. The summed E-state index contributed by atoms with van der Waals surface area (Å²) in [6.45, 7) is 0. The Morgan fingerprint density at radius 3 is 2.53 bits per heavy atom. The van der Waals surface area contributed by atoms with Gasteiger partial charge in [0, 0.05) is 17.8 Å². The predicted octanol–water partition coefficient (Wildman–Crippen LogP) is 2.06. The summed E-state index contributed by atoms with van der Waals surface area (Å²) in [4.78, 5) is 13.9. The van der Waals surface area contributed by atoms with Crippen LogP contribution in [0.4, 0.5) is 0 Å². The molecule has 1 N–H and O–H groups in total. The zero-order valence-electron chi connectivity index (χ0n) is 9.69. The van der Waals surface area contributed by atoms with E-state index in [-0.39, 0.29) is 5.56 Å². The summed E-state index contributed by atoms with van der Waals surface area (Å²) in [5.74, 6) is 1.43. The van der Waals surface area contributed by atoms with Gasteiger partial charge in [-0.1, -0.05) is 0 Å². The molecular weight excluding hydrogens is 218 g/mol. The van der Waals surface area contributed by atoms with Crippen LogP contribution in [0.5, 0.6) is 11.5 Å². The number of benzene rings is 1. The molecule has 0 bridgehead atoms. The number of aromatic nitrogens is 1. The summed E-state index contributed by atoms with van der Waals surface area (Å²) in [5, 5.41) is 0. The van der Waals surface area contributed by atoms with E-state index in [0.29, 0.717) is 5.75 Å². The first-order valence-electron chi connectivity index (χ1n) is 5.15. The molecule has 0 saturated heterocycles. The molecule has 0 radical (unpaired) electrons. The maximum atomic E-state index is 11.3. The Bertz CT molecular complexity index is 575. The molecule has 4 heteroatoms. The van der Waals surface area contributed by atoms with E-state index in [0.717, 1.165) is 16.9 Å². The van der Waals surface area contributed by atoms with Gasteiger partial charge in [0.25, 0.3) is 0 Å². The monoisotopic (exact) mass is 231 g/mol. The topological polar surface area (TPSA) is 51.3 Å². The van der Waals surface area contributed by atoms with Crippen LogP contribution >= 0.6 is 0 Å². The van der Waals surface area contributed by atoms with Crippen molar-refractivity contribution in [3.8, 4) is 22.6 Å². The van der Waals surface area contributed by atoms with Crippen LogP contribution in [-0.2, 0) is 0 Å². The van der Waals surface area contributed by atoms with Gasteiger partial charge in [-0.25, -0.2) is 0 Å². The highest BCUT2D eigenvalue weighted by Crippen LogP contribution is 2.32. The number of H-pyrrole nitrogens is 1. The Morgan fingerprint density at radius 1 is 1.06 bits per heavy atom. The molecule has 0 amide bonds. The average Bonchev–Trinajstić information content (AvgIpc) is 2.38. The molecule has 4 nitrogen and oxygen atoms in total. The maximum absolute atomic E-state index is 11.3. The molecule has 1 aromatic heterocycles. The highest BCUT2D eigenvalue weighted by molar-refractivity contribution is 5.71. The van der Waals surface area contributed by atoms with Crippen molar-refractivity contribution in [2.24, 2.45) is 0 Å². The van der Waals surface area contributed by atoms with Crippen molar-refractivity contribution in [1.29, 1.82) is 0 Å². The van der Waals surface area contributed by atoms with Crippen LogP contribution in [0, 0.1) is 0 Å². The maximum Gasteiger partial charge on any atom is 0.248 e. The molecule has 2 aromatic rings. The Balaban J connectivity index is 2.59. The van der Waals surface area contributed by atoms with Crippen LogP contribution in [0.1, 0.15) is 0 Å². The van der Waals surface area contributed by atoms with Gasteiger partial charge in [-0.15, -0.1) is 0 Å². The first kappa shape index (κ1) is 11.3. The summed E-state index contributed by atoms with van der Waals surface area (Å²) >= 11 is 0. The van der Waals surface area contributed by atoms with Gasteiger partial charge >= 0.3 is 0 Å². The lowest BCUT2D eigenvalue weighted by Gasteiger charge is -2.10. The summed E-state index contributed by atoms with van der Waals surface area (Å²) in [6, 6.07) is 8.81. The molecule has 0 aliphatic rings. The smallest absolute Gasteiger partial charge is 0.248 e. The minimum absolute atomic E-state index is 0.146. The van der Waals surface area contributed by atoms with Crippen LogP contribution in [0.2, 0.25) is 0 Å². The molecule has 0 atom stereocenters. The lowest BCUT2D eigenvalue weighted by Crippen LogP contribution is -2.02. The Hall–Kier alpha value is -2.23. The molecule has 0 spiro atoms. The molecule has 0 aliphatic carbocycles. The van der Waals surface area contributed by atoms with E-state index in [1.54, 1.807) is 20.4 Å². The standard InChI is InChI=1S/C13H13NO3/c1-16-10-3-4-12(17-2)11(8-10)9-5-6-14-13(15)7-9/h3-8H,1-2H3,(H,14,15). The van der Waals surface area contributed by atoms with Crippen molar-refractivity contribution in [2.45, 2.75) is 0 Å². The largest absolute Gasteiger partial charge is 0.497 e. The van der Waals surface area contributed by atoms with Crippen LogP contribution in [0.15, 0.2) is 41.3 Å². The minimum Gasteiger partial charge on any atom is -0.497 e. The van der Waals surface area contributed by atoms with Crippen molar-refractivity contribution < 1.29 is 9.47 Å². The lowest BCUT2D eigenvalue weighted by molar-refractivity contribution is 0.404. The zero-order chi connectivity index (χ0) is 12.3. The number of hydrogen-bond acceptors (Lipinski definition) is 3. The van der Waals surface area contributed by atoms with Crippen LogP contribution in [0.3, 0.4) is 0 Å². The first-order valence-corrected chi connectivity index (χ1v) is 5.15. The quantitative estimate of drug-likeness (QED) is 0.879. The molecule has 0 aliphatic heterocycles. The van der Waals surface area contributed by atoms with E-state index < -0.39 is 0 Å². The second-order valence-electron chi connectivity index (χ2n) is 3.51. The van der Waals surface area contributed by atoms with Gasteiger partial charge < -0.3 is 14.5 Å². The molecular formula is C13H13NO3. The number of ether oxygens (including phenoxy) is 2. The van der Waals surface area contributed by atoms with E-state index in [1.165, 1.54) is 6.07 Å². The molecule has 17 heavy (non-hydrogen) atoms. The second-order valence-corrected chi connectivity index (χ2v) is 3.51. The third-order valence-electron chi connectivity index (χ3n) is 2.49. The summed E-state index contributed by atoms with van der Waals surface area (Å²) in [7, 11) is 3.20. The molecule has 88 valence electrons. The van der Waals surface area contributed by atoms with E-state index >= 15 is 0 Å². The molecule has 0 fully saturated rings. The number of rotatable bonds is 3. The van der Waals surface area contributed by atoms with Crippen molar-refractivity contribution in [2.75, 3.05) is 14.2 Å². The van der Waals surface area contributed by atoms with E-state index in [9.17, 15) is 4.79 Å². The van der Waals surface area contributed by atoms with E-state index in [4.69, 9.17) is 9.47 Å². The highest BCUT2D eigenvalue weighted by Gasteiger charge is 2.07. The fraction of sp³-hybridized carbons (Fsp3) is 0.154. The fourth-order valence-electron chi connectivity index (χ4n) is 1.65. The van der Waals surface area contributed by atoms with Gasteiger partial charge in [0.15, 0.2) is 0 Å². The summed E-state index contributed by atoms with van der Waals surface area (Å²) in [5.41, 5.74) is 1.48. The van der Waals surface area contributed by atoms with Gasteiger partial charge in [0.2, 0.25) is 5.56 Å². The van der Waals surface area contributed by atoms with Crippen molar-refractivity contribution in [1.82, 2.24) is 4.98 Å². The SMILES string of the molecule is COc1ccc(OC)c(-c2cc[nH]c(=O)c2)c1. The van der Waals surface area contributed by atoms with Gasteiger partial charge in [-0.2, -0.15) is 0 Å². The van der Waals surface area contributed by atoms with Crippen LogP contribution in [0.25, 0.3) is 11.1 Å².